The van der Waals surface area contributed by atoms with Crippen molar-refractivity contribution in [3.8, 4) is 0 Å². The van der Waals surface area contributed by atoms with Crippen LogP contribution in [0.2, 0.25) is 0 Å². The molecule has 1 aliphatic heterocycles. The minimum atomic E-state index is -0.741. The molecule has 1 amide bonds. The maximum atomic E-state index is 14.1. The summed E-state index contributed by atoms with van der Waals surface area (Å²) in [4.78, 5) is 24.7. The van der Waals surface area contributed by atoms with Crippen molar-refractivity contribution in [3.63, 3.8) is 0 Å². The molecule has 0 atom stereocenters. The Labute approximate surface area is 163 Å². The average molecular weight is 408 g/mol. The summed E-state index contributed by atoms with van der Waals surface area (Å²) >= 11 is 1.09. The first-order valence-corrected chi connectivity index (χ1v) is 9.60. The van der Waals surface area contributed by atoms with E-state index in [0.717, 1.165) is 30.5 Å². The number of rotatable bonds is 6. The molecule has 0 bridgehead atoms. The van der Waals surface area contributed by atoms with Gasteiger partial charge in [-0.05, 0) is 6.07 Å². The van der Waals surface area contributed by atoms with Gasteiger partial charge in [0.1, 0.15) is 30.5 Å². The summed E-state index contributed by atoms with van der Waals surface area (Å²) in [7, 11) is 0. The Morgan fingerprint density at radius 1 is 1.29 bits per heavy atom. The highest BCUT2D eigenvalue weighted by molar-refractivity contribution is 7.22. The van der Waals surface area contributed by atoms with Crippen molar-refractivity contribution in [1.82, 2.24) is 24.6 Å². The Balaban J connectivity index is 1.59. The molecule has 0 aliphatic carbocycles. The van der Waals surface area contributed by atoms with Crippen LogP contribution in [0.3, 0.4) is 0 Å². The van der Waals surface area contributed by atoms with Gasteiger partial charge < -0.3 is 4.74 Å². The van der Waals surface area contributed by atoms with Crippen molar-refractivity contribution in [2.24, 2.45) is 0 Å². The summed E-state index contributed by atoms with van der Waals surface area (Å²) in [5.41, 5.74) is 0.0614. The van der Waals surface area contributed by atoms with Gasteiger partial charge >= 0.3 is 0 Å². The molecule has 2 aromatic heterocycles. The SMILES string of the molecule is O=C(Cn1cncn1)N(CCN1CCOCC1)c1nc2c(F)cc(F)cc2s1. The monoisotopic (exact) mass is 408 g/mol. The second kappa shape index (κ2) is 8.25. The van der Waals surface area contributed by atoms with Gasteiger partial charge in [0, 0.05) is 32.2 Å². The molecule has 3 aromatic rings. The molecule has 0 N–H and O–H groups in total. The zero-order valence-corrected chi connectivity index (χ0v) is 15.7. The fraction of sp³-hybridized carbons (Fsp3) is 0.412. The molecular weight excluding hydrogens is 390 g/mol. The normalized spacial score (nSPS) is 15.2. The van der Waals surface area contributed by atoms with Crippen LogP contribution in [0.1, 0.15) is 0 Å². The van der Waals surface area contributed by atoms with Crippen molar-refractivity contribution < 1.29 is 18.3 Å². The number of anilines is 1. The molecule has 8 nitrogen and oxygen atoms in total. The predicted molar refractivity (Wildman–Crippen MR) is 99.2 cm³/mol. The second-order valence-corrected chi connectivity index (χ2v) is 7.33. The average Bonchev–Trinajstić information content (AvgIpc) is 3.32. The molecule has 148 valence electrons. The zero-order chi connectivity index (χ0) is 19.5. The van der Waals surface area contributed by atoms with Crippen LogP contribution in [-0.4, -0.2) is 69.9 Å². The van der Waals surface area contributed by atoms with Crippen LogP contribution < -0.4 is 4.90 Å². The van der Waals surface area contributed by atoms with Crippen molar-refractivity contribution in [3.05, 3.63) is 36.4 Å². The van der Waals surface area contributed by atoms with E-state index in [1.807, 2.05) is 0 Å². The zero-order valence-electron chi connectivity index (χ0n) is 14.9. The van der Waals surface area contributed by atoms with E-state index >= 15 is 0 Å². The lowest BCUT2D eigenvalue weighted by molar-refractivity contribution is -0.119. The van der Waals surface area contributed by atoms with E-state index in [1.165, 1.54) is 28.3 Å². The quantitative estimate of drug-likeness (QED) is 0.616. The van der Waals surface area contributed by atoms with Gasteiger partial charge in [0.25, 0.3) is 5.91 Å². The van der Waals surface area contributed by atoms with Crippen LogP contribution in [-0.2, 0) is 16.1 Å². The third kappa shape index (κ3) is 4.16. The summed E-state index contributed by atoms with van der Waals surface area (Å²) in [6.45, 7) is 3.85. The topological polar surface area (TPSA) is 76.4 Å². The molecular formula is C17H18F2N6O2S. The van der Waals surface area contributed by atoms with Crippen LogP contribution in [0, 0.1) is 11.6 Å². The van der Waals surface area contributed by atoms with Crippen molar-refractivity contribution in [2.75, 3.05) is 44.3 Å². The van der Waals surface area contributed by atoms with E-state index in [2.05, 4.69) is 20.0 Å². The summed E-state index contributed by atoms with van der Waals surface area (Å²) in [5.74, 6) is -1.66. The molecule has 1 aromatic carbocycles. The number of thiazole rings is 1. The summed E-state index contributed by atoms with van der Waals surface area (Å²) in [6.07, 6.45) is 2.80. The predicted octanol–water partition coefficient (Wildman–Crippen LogP) is 1.53. The van der Waals surface area contributed by atoms with Crippen LogP contribution in [0.4, 0.5) is 13.9 Å². The fourth-order valence-electron chi connectivity index (χ4n) is 2.99. The van der Waals surface area contributed by atoms with Gasteiger partial charge in [0.2, 0.25) is 0 Å². The molecule has 0 spiro atoms. The number of benzene rings is 1. The lowest BCUT2D eigenvalue weighted by atomic mass is 10.3. The van der Waals surface area contributed by atoms with E-state index in [-0.39, 0.29) is 18.0 Å². The van der Waals surface area contributed by atoms with Gasteiger partial charge in [-0.25, -0.2) is 23.4 Å². The van der Waals surface area contributed by atoms with E-state index < -0.39 is 11.6 Å². The molecule has 4 rings (SSSR count). The summed E-state index contributed by atoms with van der Waals surface area (Å²) in [5, 5.41) is 4.29. The highest BCUT2D eigenvalue weighted by Crippen LogP contribution is 2.31. The number of aromatic nitrogens is 4. The first-order valence-electron chi connectivity index (χ1n) is 8.78. The van der Waals surface area contributed by atoms with Gasteiger partial charge in [0.05, 0.1) is 17.9 Å². The lowest BCUT2D eigenvalue weighted by Gasteiger charge is -2.29. The number of carbonyl (C=O) groups is 1. The number of nitrogens with zero attached hydrogens (tertiary/aromatic N) is 6. The molecule has 0 unspecified atom stereocenters. The van der Waals surface area contributed by atoms with E-state index in [0.29, 0.717) is 36.1 Å². The Morgan fingerprint density at radius 2 is 2.11 bits per heavy atom. The third-order valence-electron chi connectivity index (χ3n) is 4.44. The molecule has 0 radical (unpaired) electrons. The van der Waals surface area contributed by atoms with E-state index in [4.69, 9.17) is 4.74 Å². The standard InChI is InChI=1S/C17H18F2N6O2S/c18-12-7-13(19)16-14(8-12)28-17(22-16)25(2-1-23-3-5-27-6-4-23)15(26)9-24-11-20-10-21-24/h7-8,10-11H,1-6,9H2. The Hall–Kier alpha value is -2.50. The number of fused-ring (bicyclic) bond motifs is 1. The van der Waals surface area contributed by atoms with Crippen LogP contribution >= 0.6 is 11.3 Å². The number of halogens is 2. The highest BCUT2D eigenvalue weighted by Gasteiger charge is 2.23. The molecule has 11 heteroatoms. The van der Waals surface area contributed by atoms with Gasteiger partial charge in [-0.15, -0.1) is 0 Å². The molecule has 1 saturated heterocycles. The number of carbonyl (C=O) groups excluding carboxylic acids is 1. The van der Waals surface area contributed by atoms with Gasteiger partial charge in [-0.1, -0.05) is 11.3 Å². The third-order valence-corrected chi connectivity index (χ3v) is 5.47. The van der Waals surface area contributed by atoms with Crippen LogP contribution in [0.5, 0.6) is 0 Å². The highest BCUT2D eigenvalue weighted by atomic mass is 32.1. The lowest BCUT2D eigenvalue weighted by Crippen LogP contribution is -2.44. The number of ether oxygens (including phenoxy) is 1. The summed E-state index contributed by atoms with van der Waals surface area (Å²) < 4.78 is 34.7. The van der Waals surface area contributed by atoms with E-state index in [1.54, 1.807) is 0 Å². The summed E-state index contributed by atoms with van der Waals surface area (Å²) in [6, 6.07) is 2.02. The Morgan fingerprint density at radius 3 is 2.86 bits per heavy atom. The molecule has 0 saturated carbocycles. The van der Waals surface area contributed by atoms with Crippen LogP contribution in [0.15, 0.2) is 24.8 Å². The van der Waals surface area contributed by atoms with Crippen molar-refractivity contribution >= 4 is 32.6 Å². The maximum absolute atomic E-state index is 14.1. The Kier molecular flexibility index (Phi) is 5.55. The van der Waals surface area contributed by atoms with Crippen LogP contribution in [0.25, 0.3) is 10.2 Å². The minimum Gasteiger partial charge on any atom is -0.379 e. The maximum Gasteiger partial charge on any atom is 0.250 e. The number of morpholine rings is 1. The molecule has 1 fully saturated rings. The number of amides is 1. The van der Waals surface area contributed by atoms with Crippen molar-refractivity contribution in [1.29, 1.82) is 0 Å². The molecule has 28 heavy (non-hydrogen) atoms. The fourth-order valence-corrected chi connectivity index (χ4v) is 4.04. The number of hydrogen-bond donors (Lipinski definition) is 0. The van der Waals surface area contributed by atoms with Crippen molar-refractivity contribution in [2.45, 2.75) is 6.54 Å². The largest absolute Gasteiger partial charge is 0.379 e. The van der Waals surface area contributed by atoms with E-state index in [9.17, 15) is 13.6 Å². The number of hydrogen-bond acceptors (Lipinski definition) is 7. The first kappa shape index (κ1) is 18.8. The molecule has 1 aliphatic rings. The first-order chi connectivity index (χ1) is 13.6. The Bertz CT molecular complexity index is 958. The minimum absolute atomic E-state index is 0.0180. The van der Waals surface area contributed by atoms with Gasteiger partial charge in [-0.3, -0.25) is 14.6 Å². The van der Waals surface area contributed by atoms with Gasteiger partial charge in [0.15, 0.2) is 10.9 Å². The second-order valence-electron chi connectivity index (χ2n) is 6.32. The van der Waals surface area contributed by atoms with Gasteiger partial charge in [-0.2, -0.15) is 5.10 Å². The smallest absolute Gasteiger partial charge is 0.250 e. The molecule has 3 heterocycles.